The topological polar surface area (TPSA) is 57.1 Å². The fourth-order valence-corrected chi connectivity index (χ4v) is 3.00. The van der Waals surface area contributed by atoms with Crippen molar-refractivity contribution in [3.05, 3.63) is 57.9 Å². The Bertz CT molecular complexity index is 952. The van der Waals surface area contributed by atoms with E-state index in [1.807, 2.05) is 0 Å². The van der Waals surface area contributed by atoms with Gasteiger partial charge in [0.2, 0.25) is 6.61 Å². The minimum atomic E-state index is -4.73. The Morgan fingerprint density at radius 1 is 1.21 bits per heavy atom. The zero-order valence-corrected chi connectivity index (χ0v) is 15.7. The van der Waals surface area contributed by atoms with E-state index in [0.717, 1.165) is 5.56 Å². The van der Waals surface area contributed by atoms with Gasteiger partial charge in [0.15, 0.2) is 11.6 Å². The molecule has 0 saturated carbocycles. The first kappa shape index (κ1) is 20.9. The van der Waals surface area contributed by atoms with Crippen molar-refractivity contribution in [2.75, 3.05) is 13.7 Å². The highest BCUT2D eigenvalue weighted by Crippen LogP contribution is 2.39. The molecule has 154 valence electrons. The summed E-state index contributed by atoms with van der Waals surface area (Å²) in [6.45, 7) is -0.349. The van der Waals surface area contributed by atoms with E-state index in [9.17, 15) is 22.4 Å². The van der Waals surface area contributed by atoms with E-state index >= 15 is 0 Å². The Hall–Kier alpha value is -2.81. The van der Waals surface area contributed by atoms with E-state index in [4.69, 9.17) is 21.2 Å². The van der Waals surface area contributed by atoms with Crippen LogP contribution in [0.25, 0.3) is 0 Å². The molecular formula is C19H14ClF4NO4. The maximum atomic E-state index is 14.2. The van der Waals surface area contributed by atoms with E-state index < -0.39 is 34.3 Å². The van der Waals surface area contributed by atoms with Crippen LogP contribution in [0.2, 0.25) is 5.02 Å². The third-order valence-corrected chi connectivity index (χ3v) is 4.43. The van der Waals surface area contributed by atoms with Gasteiger partial charge in [-0.15, -0.1) is 0 Å². The molecule has 3 rings (SSSR count). The third kappa shape index (κ3) is 4.79. The second-order valence-electron chi connectivity index (χ2n) is 6.08. The fourth-order valence-electron chi connectivity index (χ4n) is 2.75. The van der Waals surface area contributed by atoms with Gasteiger partial charge in [0.05, 0.1) is 23.4 Å². The normalized spacial score (nSPS) is 14.6. The predicted octanol–water partition coefficient (Wildman–Crippen LogP) is 5.13. The highest BCUT2D eigenvalue weighted by atomic mass is 35.5. The van der Waals surface area contributed by atoms with Crippen molar-refractivity contribution in [3.63, 3.8) is 0 Å². The zero-order chi connectivity index (χ0) is 21.2. The Balaban J connectivity index is 1.83. The summed E-state index contributed by atoms with van der Waals surface area (Å²) >= 11 is 5.80. The average Bonchev–Trinajstić information content (AvgIpc) is 3.06. The number of fused-ring (bicyclic) bond motifs is 1. The van der Waals surface area contributed by atoms with Crippen LogP contribution in [0.15, 0.2) is 35.5 Å². The number of ether oxygens (including phenoxy) is 2. The molecule has 2 aromatic rings. The molecule has 0 atom stereocenters. The van der Waals surface area contributed by atoms with E-state index in [1.54, 1.807) is 18.2 Å². The van der Waals surface area contributed by atoms with Gasteiger partial charge in [-0.25, -0.2) is 9.18 Å². The van der Waals surface area contributed by atoms with E-state index in [1.165, 1.54) is 7.11 Å². The maximum Gasteiger partial charge on any atom is 0.416 e. The number of aryl methyl sites for hydroxylation is 1. The summed E-state index contributed by atoms with van der Waals surface area (Å²) in [4.78, 5) is 16.0. The van der Waals surface area contributed by atoms with Crippen LogP contribution in [0, 0.1) is 5.82 Å². The quantitative estimate of drug-likeness (QED) is 0.374. The van der Waals surface area contributed by atoms with Crippen LogP contribution in [-0.2, 0) is 27.0 Å². The molecular weight excluding hydrogens is 418 g/mol. The number of rotatable bonds is 5. The average molecular weight is 432 g/mol. The van der Waals surface area contributed by atoms with Crippen molar-refractivity contribution in [1.29, 1.82) is 0 Å². The highest BCUT2D eigenvalue weighted by Gasteiger charge is 2.32. The van der Waals surface area contributed by atoms with Crippen molar-refractivity contribution in [1.82, 2.24) is 0 Å². The van der Waals surface area contributed by atoms with Gasteiger partial charge >= 0.3 is 12.1 Å². The number of benzene rings is 2. The molecule has 0 spiro atoms. The predicted molar refractivity (Wildman–Crippen MR) is 95.8 cm³/mol. The van der Waals surface area contributed by atoms with Crippen molar-refractivity contribution >= 4 is 23.3 Å². The summed E-state index contributed by atoms with van der Waals surface area (Å²) < 4.78 is 62.3. The van der Waals surface area contributed by atoms with Gasteiger partial charge in [0, 0.05) is 5.56 Å². The van der Waals surface area contributed by atoms with Gasteiger partial charge in [-0.2, -0.15) is 13.2 Å². The van der Waals surface area contributed by atoms with Gasteiger partial charge in [-0.05, 0) is 42.7 Å². The van der Waals surface area contributed by atoms with E-state index in [0.29, 0.717) is 36.2 Å². The van der Waals surface area contributed by atoms with Gasteiger partial charge in [-0.1, -0.05) is 22.8 Å². The molecule has 0 unspecified atom stereocenters. The molecule has 0 aliphatic heterocycles. The lowest BCUT2D eigenvalue weighted by molar-refractivity contribution is -0.145. The molecule has 5 nitrogen and oxygen atoms in total. The van der Waals surface area contributed by atoms with Crippen LogP contribution in [0.1, 0.15) is 23.1 Å². The Kier molecular flexibility index (Phi) is 5.97. The molecule has 0 aromatic heterocycles. The van der Waals surface area contributed by atoms with Gasteiger partial charge < -0.3 is 14.3 Å². The molecule has 1 aliphatic carbocycles. The minimum absolute atomic E-state index is 0.159. The number of alkyl halides is 3. The standard InChI is InChI=1S/C19H14ClF4NO4/c1-27-17(26)9-28-25-16-5-3-10-2-4-12(8-13(10)16)29-18-14(20)6-11(7-15(18)21)19(22,23)24/h2,4,6-8H,3,5,9H2,1H3. The number of hydrogen-bond acceptors (Lipinski definition) is 5. The number of carbonyl (C=O) groups is 1. The molecule has 0 N–H and O–H groups in total. The van der Waals surface area contributed by atoms with E-state index in [-0.39, 0.29) is 12.4 Å². The molecule has 2 aromatic carbocycles. The highest BCUT2D eigenvalue weighted by molar-refractivity contribution is 6.32. The Morgan fingerprint density at radius 2 is 1.97 bits per heavy atom. The molecule has 0 radical (unpaired) electrons. The number of methoxy groups -OCH3 is 1. The van der Waals surface area contributed by atoms with Gasteiger partial charge in [0.25, 0.3) is 0 Å². The van der Waals surface area contributed by atoms with Crippen molar-refractivity contribution in [2.45, 2.75) is 19.0 Å². The number of nitrogens with zero attached hydrogens (tertiary/aromatic N) is 1. The molecule has 0 heterocycles. The molecule has 29 heavy (non-hydrogen) atoms. The lowest BCUT2D eigenvalue weighted by Crippen LogP contribution is -2.09. The van der Waals surface area contributed by atoms with Crippen LogP contribution in [0.5, 0.6) is 11.5 Å². The first-order valence-electron chi connectivity index (χ1n) is 8.32. The number of carbonyl (C=O) groups excluding carboxylic acids is 1. The van der Waals surface area contributed by atoms with Crippen molar-refractivity contribution in [2.24, 2.45) is 5.16 Å². The maximum absolute atomic E-state index is 14.2. The van der Waals surface area contributed by atoms with Crippen LogP contribution in [-0.4, -0.2) is 25.4 Å². The fraction of sp³-hybridized carbons (Fsp3) is 0.263. The summed E-state index contributed by atoms with van der Waals surface area (Å²) in [7, 11) is 1.22. The largest absolute Gasteiger partial charge is 0.466 e. The second kappa shape index (κ2) is 8.28. The first-order chi connectivity index (χ1) is 13.7. The summed E-state index contributed by atoms with van der Waals surface area (Å²) in [6, 6.07) is 5.74. The summed E-state index contributed by atoms with van der Waals surface area (Å²) in [5.74, 6) is -2.18. The smallest absolute Gasteiger partial charge is 0.416 e. The summed E-state index contributed by atoms with van der Waals surface area (Å²) in [5.41, 5.74) is 0.930. The van der Waals surface area contributed by atoms with E-state index in [2.05, 4.69) is 9.89 Å². The number of hydrogen-bond donors (Lipinski definition) is 0. The van der Waals surface area contributed by atoms with Crippen LogP contribution >= 0.6 is 11.6 Å². The van der Waals surface area contributed by atoms with Crippen molar-refractivity contribution < 1.29 is 36.7 Å². The molecule has 0 fully saturated rings. The first-order valence-corrected chi connectivity index (χ1v) is 8.70. The second-order valence-corrected chi connectivity index (χ2v) is 6.48. The minimum Gasteiger partial charge on any atom is -0.466 e. The molecule has 0 amide bonds. The van der Waals surface area contributed by atoms with Crippen LogP contribution in [0.3, 0.4) is 0 Å². The zero-order valence-electron chi connectivity index (χ0n) is 15.0. The lowest BCUT2D eigenvalue weighted by Gasteiger charge is -2.13. The molecule has 10 heteroatoms. The van der Waals surface area contributed by atoms with Crippen molar-refractivity contribution in [3.8, 4) is 11.5 Å². The Morgan fingerprint density at radius 3 is 2.62 bits per heavy atom. The molecule has 0 saturated heterocycles. The van der Waals surface area contributed by atoms with Crippen LogP contribution < -0.4 is 4.74 Å². The Labute approximate surface area is 167 Å². The number of oxime groups is 1. The lowest BCUT2D eigenvalue weighted by atomic mass is 10.1. The van der Waals surface area contributed by atoms with Crippen LogP contribution in [0.4, 0.5) is 17.6 Å². The summed E-state index contributed by atoms with van der Waals surface area (Å²) in [6.07, 6.45) is -3.51. The molecule has 0 bridgehead atoms. The monoisotopic (exact) mass is 431 g/mol. The SMILES string of the molecule is COC(=O)CON=C1CCc2ccc(Oc3c(F)cc(C(F)(F)F)cc3Cl)cc21. The number of halogens is 5. The van der Waals surface area contributed by atoms with Gasteiger partial charge in [0.1, 0.15) is 5.75 Å². The molecule has 1 aliphatic rings. The number of esters is 1. The summed E-state index contributed by atoms with van der Waals surface area (Å²) in [5, 5.41) is 3.40. The third-order valence-electron chi connectivity index (χ3n) is 4.15. The van der Waals surface area contributed by atoms with Gasteiger partial charge in [-0.3, -0.25) is 0 Å².